The molecule has 9 nitrogen and oxygen atoms in total. The molecule has 2 aromatic carbocycles. The molecule has 0 unspecified atom stereocenters. The third-order valence-electron chi connectivity index (χ3n) is 6.74. The lowest BCUT2D eigenvalue weighted by molar-refractivity contribution is 0.0382. The van der Waals surface area contributed by atoms with Crippen molar-refractivity contribution in [3.63, 3.8) is 0 Å². The Morgan fingerprint density at radius 1 is 1.08 bits per heavy atom. The number of amides is 1. The maximum absolute atomic E-state index is 13.4. The van der Waals surface area contributed by atoms with Gasteiger partial charge in [0.15, 0.2) is 0 Å². The fraction of sp³-hybridized carbons (Fsp3) is 0.292. The first-order chi connectivity index (χ1) is 17.9. The van der Waals surface area contributed by atoms with E-state index >= 15 is 0 Å². The van der Waals surface area contributed by atoms with Gasteiger partial charge >= 0.3 is 0 Å². The van der Waals surface area contributed by atoms with Gasteiger partial charge < -0.3 is 4.90 Å². The number of sulfonamides is 1. The van der Waals surface area contributed by atoms with Crippen LogP contribution in [0.5, 0.6) is 0 Å². The van der Waals surface area contributed by atoms with E-state index < -0.39 is 15.6 Å². The zero-order valence-electron chi connectivity index (χ0n) is 20.4. The summed E-state index contributed by atoms with van der Waals surface area (Å²) < 4.78 is 26.2. The molecule has 3 heterocycles. The van der Waals surface area contributed by atoms with Crippen LogP contribution in [0.25, 0.3) is 15.8 Å². The average molecular weight is 614 g/mol. The molecule has 5 rings (SSSR count). The Hall–Kier alpha value is -2.25. The van der Waals surface area contributed by atoms with E-state index in [0.29, 0.717) is 62.9 Å². The number of hydrogen-bond acceptors (Lipinski definition) is 7. The summed E-state index contributed by atoms with van der Waals surface area (Å²) in [5.41, 5.74) is 0.436. The highest BCUT2D eigenvalue weighted by Gasteiger charge is 2.36. The standard InChI is InChI=1S/C24H23Cl3N6O3S2/c1-24(2,19-13-33(30-29-19)16-5-3-4-6-18(16)38(28,35)36)32-9-7-31(8-10-32)23(34)22-21(27)20-15(26)11-14(25)12-17(20)37-22/h3-6,11-13H,7-10H2,1-2H3,(H2,28,35,36). The van der Waals surface area contributed by atoms with E-state index in [9.17, 15) is 13.2 Å². The Kier molecular flexibility index (Phi) is 7.23. The first-order valence-electron chi connectivity index (χ1n) is 11.5. The van der Waals surface area contributed by atoms with Gasteiger partial charge in [0.05, 0.1) is 27.5 Å². The van der Waals surface area contributed by atoms with Gasteiger partial charge in [-0.05, 0) is 38.1 Å². The average Bonchev–Trinajstić information content (AvgIpc) is 3.49. The van der Waals surface area contributed by atoms with Crippen molar-refractivity contribution in [3.05, 3.63) is 68.2 Å². The number of nitrogens with two attached hydrogens (primary N) is 1. The maximum Gasteiger partial charge on any atom is 0.265 e. The van der Waals surface area contributed by atoms with Gasteiger partial charge in [-0.15, -0.1) is 16.4 Å². The molecule has 2 N–H and O–H groups in total. The van der Waals surface area contributed by atoms with Gasteiger partial charge in [-0.25, -0.2) is 18.2 Å². The quantitative estimate of drug-likeness (QED) is 0.346. The fourth-order valence-electron chi connectivity index (χ4n) is 4.57. The van der Waals surface area contributed by atoms with Crippen LogP contribution < -0.4 is 5.14 Å². The van der Waals surface area contributed by atoms with E-state index in [-0.39, 0.29) is 10.8 Å². The van der Waals surface area contributed by atoms with Gasteiger partial charge in [0.1, 0.15) is 15.5 Å². The van der Waals surface area contributed by atoms with Crippen LogP contribution in [0.1, 0.15) is 29.2 Å². The van der Waals surface area contributed by atoms with E-state index in [0.717, 1.165) is 4.70 Å². The smallest absolute Gasteiger partial charge is 0.265 e. The van der Waals surface area contributed by atoms with Crippen LogP contribution in [0.2, 0.25) is 15.1 Å². The number of fused-ring (bicyclic) bond motifs is 1. The highest BCUT2D eigenvalue weighted by atomic mass is 35.5. The normalized spacial score (nSPS) is 15.4. The molecule has 0 saturated carbocycles. The molecule has 1 fully saturated rings. The highest BCUT2D eigenvalue weighted by molar-refractivity contribution is 7.89. The number of carbonyl (C=O) groups excluding carboxylic acids is 1. The minimum Gasteiger partial charge on any atom is -0.335 e. The van der Waals surface area contributed by atoms with Gasteiger partial charge in [-0.3, -0.25) is 9.69 Å². The van der Waals surface area contributed by atoms with Gasteiger partial charge in [0.2, 0.25) is 10.0 Å². The maximum atomic E-state index is 13.4. The van der Waals surface area contributed by atoms with Crippen LogP contribution in [-0.4, -0.2) is 65.3 Å². The van der Waals surface area contributed by atoms with Crippen molar-refractivity contribution in [3.8, 4) is 5.69 Å². The number of benzene rings is 2. The van der Waals surface area contributed by atoms with Gasteiger partial charge in [0, 0.05) is 41.3 Å². The second-order valence-electron chi connectivity index (χ2n) is 9.41. The highest BCUT2D eigenvalue weighted by Crippen LogP contribution is 2.42. The third-order valence-corrected chi connectivity index (χ3v) is 9.83. The van der Waals surface area contributed by atoms with Crippen molar-refractivity contribution in [1.82, 2.24) is 24.8 Å². The van der Waals surface area contributed by atoms with Crippen molar-refractivity contribution in [2.45, 2.75) is 24.3 Å². The van der Waals surface area contributed by atoms with E-state index in [1.807, 2.05) is 13.8 Å². The Morgan fingerprint density at radius 3 is 2.45 bits per heavy atom. The number of halogens is 3. The lowest BCUT2D eigenvalue weighted by Crippen LogP contribution is -2.54. The summed E-state index contributed by atoms with van der Waals surface area (Å²) in [6.07, 6.45) is 1.70. The van der Waals surface area contributed by atoms with Crippen LogP contribution in [0.3, 0.4) is 0 Å². The van der Waals surface area contributed by atoms with Gasteiger partial charge in [-0.1, -0.05) is 52.1 Å². The molecule has 0 aliphatic carbocycles. The van der Waals surface area contributed by atoms with E-state index in [4.69, 9.17) is 39.9 Å². The molecule has 14 heteroatoms. The number of para-hydroxylation sites is 1. The van der Waals surface area contributed by atoms with Crippen LogP contribution in [0.4, 0.5) is 0 Å². The first kappa shape index (κ1) is 27.3. The van der Waals surface area contributed by atoms with Crippen LogP contribution >= 0.6 is 46.1 Å². The second-order valence-corrected chi connectivity index (χ2v) is 13.2. The summed E-state index contributed by atoms with van der Waals surface area (Å²) in [4.78, 5) is 17.7. The Bertz CT molecular complexity index is 1660. The molecule has 1 amide bonds. The number of thiophene rings is 1. The van der Waals surface area contributed by atoms with E-state index in [2.05, 4.69) is 15.2 Å². The molecule has 200 valence electrons. The van der Waals surface area contributed by atoms with Crippen LogP contribution in [0, 0.1) is 0 Å². The minimum atomic E-state index is -3.94. The monoisotopic (exact) mass is 612 g/mol. The van der Waals surface area contributed by atoms with E-state index in [1.54, 1.807) is 41.4 Å². The van der Waals surface area contributed by atoms with Crippen molar-refractivity contribution < 1.29 is 13.2 Å². The number of piperazine rings is 1. The second kappa shape index (κ2) is 10.1. The summed E-state index contributed by atoms with van der Waals surface area (Å²) in [5, 5.41) is 15.8. The summed E-state index contributed by atoms with van der Waals surface area (Å²) in [7, 11) is -3.94. The molecule has 1 aliphatic heterocycles. The fourth-order valence-corrected chi connectivity index (χ4v) is 7.63. The lowest BCUT2D eigenvalue weighted by atomic mass is 9.97. The van der Waals surface area contributed by atoms with Gasteiger partial charge in [0.25, 0.3) is 5.91 Å². The number of hydrogen-bond donors (Lipinski definition) is 1. The zero-order valence-corrected chi connectivity index (χ0v) is 24.3. The predicted molar refractivity (Wildman–Crippen MR) is 150 cm³/mol. The van der Waals surface area contributed by atoms with Crippen LogP contribution in [-0.2, 0) is 15.6 Å². The third kappa shape index (κ3) is 4.92. The largest absolute Gasteiger partial charge is 0.335 e. The molecule has 38 heavy (non-hydrogen) atoms. The predicted octanol–water partition coefficient (Wildman–Crippen LogP) is 4.78. The molecular formula is C24H23Cl3N6O3S2. The summed E-state index contributed by atoms with van der Waals surface area (Å²) in [6, 6.07) is 9.72. The van der Waals surface area contributed by atoms with Crippen molar-refractivity contribution >= 4 is 72.2 Å². The first-order valence-corrected chi connectivity index (χ1v) is 15.0. The number of primary sulfonamides is 1. The molecule has 4 aromatic rings. The zero-order chi connectivity index (χ0) is 27.4. The van der Waals surface area contributed by atoms with Gasteiger partial charge in [-0.2, -0.15) is 0 Å². The molecule has 0 radical (unpaired) electrons. The number of carbonyl (C=O) groups is 1. The molecule has 1 saturated heterocycles. The molecule has 2 aromatic heterocycles. The van der Waals surface area contributed by atoms with Crippen molar-refractivity contribution in [1.29, 1.82) is 0 Å². The molecule has 0 spiro atoms. The van der Waals surface area contributed by atoms with Crippen molar-refractivity contribution in [2.24, 2.45) is 5.14 Å². The van der Waals surface area contributed by atoms with E-state index in [1.165, 1.54) is 22.1 Å². The number of rotatable bonds is 5. The Balaban J connectivity index is 1.33. The Labute approximate surface area is 238 Å². The molecule has 1 aliphatic rings. The molecule has 0 bridgehead atoms. The summed E-state index contributed by atoms with van der Waals surface area (Å²) in [6.45, 7) is 6.19. The topological polar surface area (TPSA) is 114 Å². The summed E-state index contributed by atoms with van der Waals surface area (Å²) >= 11 is 20.3. The molecular weight excluding hydrogens is 591 g/mol. The SMILES string of the molecule is CC(C)(c1cn(-c2ccccc2S(N)(=O)=O)nn1)N1CCN(C(=O)c2sc3cc(Cl)cc(Cl)c3c2Cl)CC1. The number of nitrogens with zero attached hydrogens (tertiary/aromatic N) is 5. The number of aromatic nitrogens is 3. The molecule has 0 atom stereocenters. The van der Waals surface area contributed by atoms with Crippen LogP contribution in [0.15, 0.2) is 47.5 Å². The summed E-state index contributed by atoms with van der Waals surface area (Å²) in [5.74, 6) is -0.147. The Morgan fingerprint density at radius 2 is 1.76 bits per heavy atom. The lowest BCUT2D eigenvalue weighted by Gasteiger charge is -2.43. The van der Waals surface area contributed by atoms with Crippen molar-refractivity contribution in [2.75, 3.05) is 26.2 Å². The minimum absolute atomic E-state index is 0.0372.